The fourth-order valence-corrected chi connectivity index (χ4v) is 2.80. The van der Waals surface area contributed by atoms with Crippen molar-refractivity contribution < 1.29 is 5.11 Å². The van der Waals surface area contributed by atoms with Gasteiger partial charge in [0.2, 0.25) is 0 Å². The molecule has 0 saturated heterocycles. The van der Waals surface area contributed by atoms with Gasteiger partial charge >= 0.3 is 0 Å². The number of aliphatic hydroxyl groups is 1. The molecule has 1 aromatic carbocycles. The summed E-state index contributed by atoms with van der Waals surface area (Å²) in [6, 6.07) is 8.00. The molecule has 0 unspecified atom stereocenters. The highest BCUT2D eigenvalue weighted by atomic mass is 16.3. The zero-order chi connectivity index (χ0) is 15.2. The van der Waals surface area contributed by atoms with Crippen LogP contribution in [0.3, 0.4) is 0 Å². The van der Waals surface area contributed by atoms with Crippen LogP contribution in [-0.4, -0.2) is 14.9 Å². The normalized spacial score (nSPS) is 11.0. The summed E-state index contributed by atoms with van der Waals surface area (Å²) in [6.07, 6.45) is 1.95. The molecule has 0 atom stereocenters. The average molecular weight is 287 g/mol. The van der Waals surface area contributed by atoms with Crippen LogP contribution >= 0.6 is 0 Å². The monoisotopic (exact) mass is 287 g/mol. The van der Waals surface area contributed by atoms with Gasteiger partial charge in [0, 0.05) is 31.4 Å². The van der Waals surface area contributed by atoms with Gasteiger partial charge in [-0.3, -0.25) is 4.68 Å². The summed E-state index contributed by atoms with van der Waals surface area (Å²) in [5, 5.41) is 17.4. The third-order valence-corrected chi connectivity index (χ3v) is 3.93. The number of aryl methyl sites for hydroxylation is 2. The van der Waals surface area contributed by atoms with Gasteiger partial charge < -0.3 is 10.4 Å². The van der Waals surface area contributed by atoms with Crippen LogP contribution in [0.5, 0.6) is 0 Å². The molecular formula is C17H25N3O. The van der Waals surface area contributed by atoms with E-state index in [1.807, 2.05) is 29.9 Å². The van der Waals surface area contributed by atoms with Gasteiger partial charge in [-0.25, -0.2) is 0 Å². The number of hydrogen-bond acceptors (Lipinski definition) is 3. The Morgan fingerprint density at radius 3 is 2.43 bits per heavy atom. The highest BCUT2D eigenvalue weighted by molar-refractivity contribution is 5.28. The second-order valence-corrected chi connectivity index (χ2v) is 5.23. The minimum absolute atomic E-state index is 0.0885. The maximum Gasteiger partial charge on any atom is 0.0685 e. The van der Waals surface area contributed by atoms with Crippen molar-refractivity contribution in [1.82, 2.24) is 15.1 Å². The first-order chi connectivity index (χ1) is 10.2. The van der Waals surface area contributed by atoms with Gasteiger partial charge in [-0.2, -0.15) is 5.10 Å². The van der Waals surface area contributed by atoms with Crippen molar-refractivity contribution in [3.05, 3.63) is 52.3 Å². The lowest BCUT2D eigenvalue weighted by molar-refractivity contribution is 0.280. The number of aromatic nitrogens is 2. The molecule has 0 aliphatic rings. The predicted molar refractivity (Wildman–Crippen MR) is 84.9 cm³/mol. The molecule has 2 N–H and O–H groups in total. The molecule has 0 fully saturated rings. The van der Waals surface area contributed by atoms with E-state index in [0.717, 1.165) is 37.1 Å². The van der Waals surface area contributed by atoms with Crippen molar-refractivity contribution in [2.24, 2.45) is 7.05 Å². The SMILES string of the molecule is CCc1nn(C)c(CC)c1CNCc1ccccc1CO. The summed E-state index contributed by atoms with van der Waals surface area (Å²) < 4.78 is 2.00. The quantitative estimate of drug-likeness (QED) is 0.822. The van der Waals surface area contributed by atoms with E-state index in [4.69, 9.17) is 0 Å². The average Bonchev–Trinajstić information content (AvgIpc) is 2.83. The maximum absolute atomic E-state index is 9.36. The lowest BCUT2D eigenvalue weighted by atomic mass is 10.1. The molecule has 0 radical (unpaired) electrons. The van der Waals surface area contributed by atoms with Gasteiger partial charge in [0.25, 0.3) is 0 Å². The Morgan fingerprint density at radius 1 is 1.10 bits per heavy atom. The van der Waals surface area contributed by atoms with Crippen LogP contribution < -0.4 is 5.32 Å². The summed E-state index contributed by atoms with van der Waals surface area (Å²) in [5.41, 5.74) is 5.94. The van der Waals surface area contributed by atoms with Crippen LogP contribution in [0.15, 0.2) is 24.3 Å². The number of nitrogens with zero attached hydrogens (tertiary/aromatic N) is 2. The lowest BCUT2D eigenvalue weighted by Gasteiger charge is -2.10. The molecule has 0 bridgehead atoms. The van der Waals surface area contributed by atoms with Crippen LogP contribution in [0.1, 0.15) is 41.9 Å². The zero-order valence-electron chi connectivity index (χ0n) is 13.2. The van der Waals surface area contributed by atoms with Crippen molar-refractivity contribution in [2.45, 2.75) is 46.4 Å². The number of hydrogen-bond donors (Lipinski definition) is 2. The molecule has 0 spiro atoms. The van der Waals surface area contributed by atoms with Crippen LogP contribution in [0.25, 0.3) is 0 Å². The Balaban J connectivity index is 2.07. The maximum atomic E-state index is 9.36. The van der Waals surface area contributed by atoms with Gasteiger partial charge in [0.05, 0.1) is 12.3 Å². The van der Waals surface area contributed by atoms with Gasteiger partial charge in [0.15, 0.2) is 0 Å². The topological polar surface area (TPSA) is 50.1 Å². The molecule has 4 nitrogen and oxygen atoms in total. The van der Waals surface area contributed by atoms with Gasteiger partial charge in [-0.1, -0.05) is 38.1 Å². The van der Waals surface area contributed by atoms with Crippen molar-refractivity contribution in [1.29, 1.82) is 0 Å². The largest absolute Gasteiger partial charge is 0.392 e. The minimum Gasteiger partial charge on any atom is -0.392 e. The molecule has 1 heterocycles. The number of benzene rings is 1. The lowest BCUT2D eigenvalue weighted by Crippen LogP contribution is -2.16. The molecular weight excluding hydrogens is 262 g/mol. The molecule has 0 aliphatic heterocycles. The molecule has 2 rings (SSSR count). The molecule has 2 aromatic rings. The first-order valence-corrected chi connectivity index (χ1v) is 7.63. The Hall–Kier alpha value is -1.65. The van der Waals surface area contributed by atoms with Gasteiger partial charge in [-0.05, 0) is 24.0 Å². The molecule has 4 heteroatoms. The number of aliphatic hydroxyl groups excluding tert-OH is 1. The fraction of sp³-hybridized carbons (Fsp3) is 0.471. The summed E-state index contributed by atoms with van der Waals surface area (Å²) in [5.74, 6) is 0. The summed E-state index contributed by atoms with van der Waals surface area (Å²) >= 11 is 0. The van der Waals surface area contributed by atoms with Crippen LogP contribution in [0, 0.1) is 0 Å². The van der Waals surface area contributed by atoms with Crippen LogP contribution in [-0.2, 0) is 39.6 Å². The van der Waals surface area contributed by atoms with E-state index >= 15 is 0 Å². The molecule has 21 heavy (non-hydrogen) atoms. The number of rotatable bonds is 7. The summed E-state index contributed by atoms with van der Waals surface area (Å²) in [4.78, 5) is 0. The third-order valence-electron chi connectivity index (χ3n) is 3.93. The molecule has 0 amide bonds. The van der Waals surface area contributed by atoms with E-state index in [-0.39, 0.29) is 6.61 Å². The van der Waals surface area contributed by atoms with Gasteiger partial charge in [-0.15, -0.1) is 0 Å². The summed E-state index contributed by atoms with van der Waals surface area (Å²) in [6.45, 7) is 5.98. The van der Waals surface area contributed by atoms with E-state index in [1.54, 1.807) is 0 Å². The third kappa shape index (κ3) is 3.52. The first kappa shape index (κ1) is 15.7. The van der Waals surface area contributed by atoms with E-state index in [2.05, 4.69) is 30.3 Å². The number of nitrogens with one attached hydrogen (secondary N) is 1. The summed E-state index contributed by atoms with van der Waals surface area (Å²) in [7, 11) is 2.02. The van der Waals surface area contributed by atoms with Crippen molar-refractivity contribution in [3.63, 3.8) is 0 Å². The second kappa shape index (κ2) is 7.38. The Morgan fingerprint density at radius 2 is 1.81 bits per heavy atom. The Kier molecular flexibility index (Phi) is 5.53. The minimum atomic E-state index is 0.0885. The van der Waals surface area contributed by atoms with Crippen molar-refractivity contribution in [2.75, 3.05) is 0 Å². The molecule has 0 aliphatic carbocycles. The van der Waals surface area contributed by atoms with E-state index in [0.29, 0.717) is 0 Å². The smallest absolute Gasteiger partial charge is 0.0685 e. The molecule has 114 valence electrons. The second-order valence-electron chi connectivity index (χ2n) is 5.23. The van der Waals surface area contributed by atoms with E-state index in [9.17, 15) is 5.11 Å². The highest BCUT2D eigenvalue weighted by Crippen LogP contribution is 2.16. The van der Waals surface area contributed by atoms with E-state index in [1.165, 1.54) is 17.0 Å². The Labute approximate surface area is 126 Å². The predicted octanol–water partition coefficient (Wildman–Crippen LogP) is 2.33. The highest BCUT2D eigenvalue weighted by Gasteiger charge is 2.13. The fourth-order valence-electron chi connectivity index (χ4n) is 2.80. The van der Waals surface area contributed by atoms with Crippen molar-refractivity contribution in [3.8, 4) is 0 Å². The van der Waals surface area contributed by atoms with Crippen LogP contribution in [0.2, 0.25) is 0 Å². The van der Waals surface area contributed by atoms with E-state index < -0.39 is 0 Å². The Bertz CT molecular complexity index is 590. The van der Waals surface area contributed by atoms with Crippen molar-refractivity contribution >= 4 is 0 Å². The van der Waals surface area contributed by atoms with Gasteiger partial charge in [0.1, 0.15) is 0 Å². The first-order valence-electron chi connectivity index (χ1n) is 7.63. The molecule has 0 saturated carbocycles. The standard InChI is InChI=1S/C17H25N3O/c1-4-16-15(17(5-2)20(3)19-16)11-18-10-13-8-6-7-9-14(13)12-21/h6-9,18,21H,4-5,10-12H2,1-3H3. The zero-order valence-corrected chi connectivity index (χ0v) is 13.2. The molecule has 1 aromatic heterocycles. The van der Waals surface area contributed by atoms with Crippen LogP contribution in [0.4, 0.5) is 0 Å².